The quantitative estimate of drug-likeness (QED) is 0.890. The van der Waals surface area contributed by atoms with Crippen molar-refractivity contribution < 1.29 is 4.79 Å². The highest BCUT2D eigenvalue weighted by molar-refractivity contribution is 5.83. The summed E-state index contributed by atoms with van der Waals surface area (Å²) in [5.74, 6) is 0.902. The third kappa shape index (κ3) is 2.58. The number of carbonyl (C=O) groups is 1. The van der Waals surface area contributed by atoms with Crippen molar-refractivity contribution in [3.63, 3.8) is 0 Å². The van der Waals surface area contributed by atoms with Crippen LogP contribution in [0, 0.1) is 5.92 Å². The summed E-state index contributed by atoms with van der Waals surface area (Å²) in [4.78, 5) is 16.9. The van der Waals surface area contributed by atoms with Crippen molar-refractivity contribution in [1.29, 1.82) is 0 Å². The standard InChI is InChI=1S/C16H23N3O/c1-18-7-8-19(13(10-17)11-18)16(20)15-9-14(15)12-5-3-2-4-6-12/h2-6,13-15H,7-11,17H2,1H3. The lowest BCUT2D eigenvalue weighted by Crippen LogP contribution is -2.57. The lowest BCUT2D eigenvalue weighted by molar-refractivity contribution is -0.137. The van der Waals surface area contributed by atoms with Gasteiger partial charge >= 0.3 is 0 Å². The molecule has 4 heteroatoms. The van der Waals surface area contributed by atoms with Crippen LogP contribution in [0.3, 0.4) is 0 Å². The topological polar surface area (TPSA) is 49.6 Å². The molecule has 3 atom stereocenters. The van der Waals surface area contributed by atoms with E-state index in [0.717, 1.165) is 26.1 Å². The Balaban J connectivity index is 1.65. The van der Waals surface area contributed by atoms with Gasteiger partial charge in [-0.25, -0.2) is 0 Å². The molecule has 0 aromatic heterocycles. The molecular formula is C16H23N3O. The molecule has 3 rings (SSSR count). The second-order valence-electron chi connectivity index (χ2n) is 6.04. The van der Waals surface area contributed by atoms with Crippen LogP contribution < -0.4 is 5.73 Å². The minimum Gasteiger partial charge on any atom is -0.336 e. The molecule has 1 aromatic carbocycles. The minimum atomic E-state index is 0.176. The first kappa shape index (κ1) is 13.6. The molecule has 2 N–H and O–H groups in total. The van der Waals surface area contributed by atoms with Crippen LogP contribution in [0.1, 0.15) is 17.9 Å². The summed E-state index contributed by atoms with van der Waals surface area (Å²) in [7, 11) is 2.09. The molecule has 1 heterocycles. The van der Waals surface area contributed by atoms with E-state index in [1.807, 2.05) is 23.1 Å². The minimum absolute atomic E-state index is 0.176. The van der Waals surface area contributed by atoms with Gasteiger partial charge in [0, 0.05) is 32.1 Å². The van der Waals surface area contributed by atoms with Crippen LogP contribution in [0.25, 0.3) is 0 Å². The number of likely N-dealkylation sites (N-methyl/N-ethyl adjacent to an activating group) is 1. The Morgan fingerprint density at radius 2 is 2.05 bits per heavy atom. The molecule has 1 amide bonds. The van der Waals surface area contributed by atoms with E-state index < -0.39 is 0 Å². The maximum absolute atomic E-state index is 12.7. The highest BCUT2D eigenvalue weighted by Gasteiger charge is 2.47. The summed E-state index contributed by atoms with van der Waals surface area (Å²) < 4.78 is 0. The zero-order valence-electron chi connectivity index (χ0n) is 12.0. The van der Waals surface area contributed by atoms with E-state index in [0.29, 0.717) is 18.4 Å². The van der Waals surface area contributed by atoms with Crippen LogP contribution in [-0.4, -0.2) is 55.0 Å². The second kappa shape index (κ2) is 5.54. The van der Waals surface area contributed by atoms with Gasteiger partial charge in [-0.05, 0) is 24.9 Å². The number of carbonyl (C=O) groups excluding carboxylic acids is 1. The fraction of sp³-hybridized carbons (Fsp3) is 0.562. The molecular weight excluding hydrogens is 250 g/mol. The zero-order valence-corrected chi connectivity index (χ0v) is 12.0. The molecule has 0 spiro atoms. The number of hydrogen-bond donors (Lipinski definition) is 1. The molecule has 3 unspecified atom stereocenters. The van der Waals surface area contributed by atoms with Crippen LogP contribution in [-0.2, 0) is 4.79 Å². The monoisotopic (exact) mass is 273 g/mol. The molecule has 1 aliphatic heterocycles. The van der Waals surface area contributed by atoms with Gasteiger partial charge in [0.25, 0.3) is 0 Å². The third-order valence-electron chi connectivity index (χ3n) is 4.58. The van der Waals surface area contributed by atoms with Crippen molar-refractivity contribution in [1.82, 2.24) is 9.80 Å². The number of benzene rings is 1. The van der Waals surface area contributed by atoms with Gasteiger partial charge in [0.1, 0.15) is 0 Å². The summed E-state index contributed by atoms with van der Waals surface area (Å²) in [5.41, 5.74) is 7.14. The van der Waals surface area contributed by atoms with E-state index in [1.54, 1.807) is 0 Å². The Morgan fingerprint density at radius 3 is 2.75 bits per heavy atom. The summed E-state index contributed by atoms with van der Waals surface area (Å²) in [5, 5.41) is 0. The van der Waals surface area contributed by atoms with Crippen molar-refractivity contribution >= 4 is 5.91 Å². The molecule has 0 radical (unpaired) electrons. The molecule has 1 aromatic rings. The Bertz CT molecular complexity index is 476. The largest absolute Gasteiger partial charge is 0.336 e. The first-order valence-corrected chi connectivity index (χ1v) is 7.44. The molecule has 2 fully saturated rings. The van der Waals surface area contributed by atoms with Gasteiger partial charge in [0.15, 0.2) is 0 Å². The first-order valence-electron chi connectivity index (χ1n) is 7.44. The molecule has 2 aliphatic rings. The van der Waals surface area contributed by atoms with E-state index in [9.17, 15) is 4.79 Å². The highest BCUT2D eigenvalue weighted by Crippen LogP contribution is 2.48. The van der Waals surface area contributed by atoms with E-state index in [4.69, 9.17) is 5.73 Å². The number of rotatable bonds is 3. The van der Waals surface area contributed by atoms with Gasteiger partial charge in [-0.2, -0.15) is 0 Å². The molecule has 20 heavy (non-hydrogen) atoms. The Hall–Kier alpha value is -1.39. The van der Waals surface area contributed by atoms with Crippen molar-refractivity contribution in [2.24, 2.45) is 11.7 Å². The van der Waals surface area contributed by atoms with Crippen molar-refractivity contribution in [2.75, 3.05) is 33.2 Å². The van der Waals surface area contributed by atoms with E-state index in [-0.39, 0.29) is 12.0 Å². The number of hydrogen-bond acceptors (Lipinski definition) is 3. The molecule has 4 nitrogen and oxygen atoms in total. The number of piperazine rings is 1. The third-order valence-corrected chi connectivity index (χ3v) is 4.58. The van der Waals surface area contributed by atoms with Gasteiger partial charge in [0.05, 0.1) is 6.04 Å². The number of amides is 1. The summed E-state index contributed by atoms with van der Waals surface area (Å²) in [6.07, 6.45) is 0.993. The Kier molecular flexibility index (Phi) is 3.76. The summed E-state index contributed by atoms with van der Waals surface area (Å²) in [6, 6.07) is 10.6. The fourth-order valence-corrected chi connectivity index (χ4v) is 3.25. The lowest BCUT2D eigenvalue weighted by Gasteiger charge is -2.39. The van der Waals surface area contributed by atoms with Gasteiger partial charge in [-0.3, -0.25) is 4.79 Å². The van der Waals surface area contributed by atoms with Crippen molar-refractivity contribution in [2.45, 2.75) is 18.4 Å². The van der Waals surface area contributed by atoms with Crippen LogP contribution in [0.4, 0.5) is 0 Å². The van der Waals surface area contributed by atoms with Crippen molar-refractivity contribution in [3.05, 3.63) is 35.9 Å². The maximum atomic E-state index is 12.7. The molecule has 1 saturated heterocycles. The van der Waals surface area contributed by atoms with Crippen molar-refractivity contribution in [3.8, 4) is 0 Å². The fourth-order valence-electron chi connectivity index (χ4n) is 3.25. The average Bonchev–Trinajstić information content (AvgIpc) is 3.28. The molecule has 108 valence electrons. The van der Waals surface area contributed by atoms with Gasteiger partial charge in [-0.1, -0.05) is 30.3 Å². The predicted molar refractivity (Wildman–Crippen MR) is 79.3 cm³/mol. The zero-order chi connectivity index (χ0) is 14.1. The highest BCUT2D eigenvalue weighted by atomic mass is 16.2. The van der Waals surface area contributed by atoms with Gasteiger partial charge in [-0.15, -0.1) is 0 Å². The molecule has 0 bridgehead atoms. The van der Waals surface area contributed by atoms with Crippen LogP contribution in [0.2, 0.25) is 0 Å². The predicted octanol–water partition coefficient (Wildman–Crippen LogP) is 0.891. The van der Waals surface area contributed by atoms with Crippen LogP contribution in [0.5, 0.6) is 0 Å². The van der Waals surface area contributed by atoms with Gasteiger partial charge in [0.2, 0.25) is 5.91 Å². The SMILES string of the molecule is CN1CCN(C(=O)C2CC2c2ccccc2)C(CN)C1. The summed E-state index contributed by atoms with van der Waals surface area (Å²) >= 11 is 0. The van der Waals surface area contributed by atoms with Crippen LogP contribution >= 0.6 is 0 Å². The Labute approximate surface area is 120 Å². The van der Waals surface area contributed by atoms with Gasteiger partial charge < -0.3 is 15.5 Å². The normalized spacial score (nSPS) is 30.3. The molecule has 1 aliphatic carbocycles. The van der Waals surface area contributed by atoms with E-state index in [2.05, 4.69) is 24.1 Å². The number of nitrogens with zero attached hydrogens (tertiary/aromatic N) is 2. The van der Waals surface area contributed by atoms with E-state index >= 15 is 0 Å². The average molecular weight is 273 g/mol. The first-order chi connectivity index (χ1) is 9.70. The molecule has 1 saturated carbocycles. The smallest absolute Gasteiger partial charge is 0.226 e. The maximum Gasteiger partial charge on any atom is 0.226 e. The number of nitrogens with two attached hydrogens (primary N) is 1. The Morgan fingerprint density at radius 1 is 1.30 bits per heavy atom. The van der Waals surface area contributed by atoms with Crippen LogP contribution in [0.15, 0.2) is 30.3 Å². The second-order valence-corrected chi connectivity index (χ2v) is 6.04. The lowest BCUT2D eigenvalue weighted by atomic mass is 10.1. The van der Waals surface area contributed by atoms with E-state index in [1.165, 1.54) is 5.56 Å². The summed E-state index contributed by atoms with van der Waals surface area (Å²) in [6.45, 7) is 3.21.